The topological polar surface area (TPSA) is 87.1 Å². The lowest BCUT2D eigenvalue weighted by atomic mass is 10.1. The largest absolute Gasteiger partial charge is 0.497 e. The van der Waals surface area contributed by atoms with E-state index in [1.54, 1.807) is 24.3 Å². The molecule has 1 saturated heterocycles. The van der Waals surface area contributed by atoms with Crippen LogP contribution in [0.25, 0.3) is 0 Å². The highest BCUT2D eigenvalue weighted by atomic mass is 16.5. The van der Waals surface area contributed by atoms with Crippen LogP contribution in [0.1, 0.15) is 16.8 Å². The molecule has 102 valence electrons. The number of aliphatic carboxylic acids is 1. The molecule has 1 aromatic rings. The first-order valence-electron chi connectivity index (χ1n) is 5.89. The highest BCUT2D eigenvalue weighted by molar-refractivity contribution is 5.97. The Hall–Kier alpha value is -2.08. The lowest BCUT2D eigenvalue weighted by molar-refractivity contribution is -0.141. The summed E-state index contributed by atoms with van der Waals surface area (Å²) in [5.74, 6) is -0.992. The number of amides is 1. The number of carboxylic acids is 1. The molecule has 0 radical (unpaired) electrons. The van der Waals surface area contributed by atoms with Crippen LogP contribution in [-0.4, -0.2) is 52.8 Å². The van der Waals surface area contributed by atoms with Gasteiger partial charge in [0.05, 0.1) is 13.2 Å². The third-order valence-corrected chi connectivity index (χ3v) is 3.14. The van der Waals surface area contributed by atoms with Crippen LogP contribution in [-0.2, 0) is 4.79 Å². The van der Waals surface area contributed by atoms with Crippen molar-refractivity contribution in [2.75, 3.05) is 13.7 Å². The quantitative estimate of drug-likeness (QED) is 0.823. The zero-order valence-electron chi connectivity index (χ0n) is 10.4. The van der Waals surface area contributed by atoms with E-state index in [4.69, 9.17) is 9.84 Å². The molecule has 6 nitrogen and oxygen atoms in total. The minimum atomic E-state index is -1.10. The first-order chi connectivity index (χ1) is 9.02. The molecule has 1 unspecified atom stereocenters. The van der Waals surface area contributed by atoms with E-state index in [0.717, 1.165) is 0 Å². The number of nitrogens with zero attached hydrogens (tertiary/aromatic N) is 1. The lowest BCUT2D eigenvalue weighted by Crippen LogP contribution is -2.40. The molecule has 0 spiro atoms. The molecule has 2 atom stereocenters. The van der Waals surface area contributed by atoms with Gasteiger partial charge in [-0.2, -0.15) is 0 Å². The van der Waals surface area contributed by atoms with Crippen LogP contribution in [0, 0.1) is 0 Å². The number of hydrogen-bond donors (Lipinski definition) is 2. The Kier molecular flexibility index (Phi) is 3.71. The third-order valence-electron chi connectivity index (χ3n) is 3.14. The van der Waals surface area contributed by atoms with Crippen molar-refractivity contribution in [2.24, 2.45) is 0 Å². The number of likely N-dealkylation sites (tertiary alicyclic amines) is 1. The Bertz CT molecular complexity index is 502. The Balaban J connectivity index is 2.24. The van der Waals surface area contributed by atoms with Gasteiger partial charge in [-0.15, -0.1) is 0 Å². The molecular weight excluding hydrogens is 250 g/mol. The number of aliphatic hydroxyl groups is 1. The summed E-state index contributed by atoms with van der Waals surface area (Å²) in [5, 5.41) is 18.6. The Morgan fingerprint density at radius 3 is 2.79 bits per heavy atom. The van der Waals surface area contributed by atoms with Gasteiger partial charge < -0.3 is 19.8 Å². The van der Waals surface area contributed by atoms with Gasteiger partial charge in [-0.05, 0) is 18.2 Å². The van der Waals surface area contributed by atoms with E-state index in [1.165, 1.54) is 12.0 Å². The SMILES string of the molecule is COc1cccc(C(=O)N2CC(O)C[C@H]2C(=O)O)c1. The normalized spacial score (nSPS) is 22.3. The maximum Gasteiger partial charge on any atom is 0.326 e. The first kappa shape index (κ1) is 13.4. The minimum Gasteiger partial charge on any atom is -0.497 e. The summed E-state index contributed by atoms with van der Waals surface area (Å²) in [4.78, 5) is 24.5. The second-order valence-corrected chi connectivity index (χ2v) is 4.43. The summed E-state index contributed by atoms with van der Waals surface area (Å²) >= 11 is 0. The molecule has 0 aliphatic carbocycles. The maximum atomic E-state index is 12.3. The maximum absolute atomic E-state index is 12.3. The predicted octanol–water partition coefficient (Wildman–Crippen LogP) is 0.355. The molecule has 1 amide bonds. The number of hydrogen-bond acceptors (Lipinski definition) is 4. The standard InChI is InChI=1S/C13H15NO5/c1-19-10-4-2-3-8(5-10)12(16)14-7-9(15)6-11(14)13(17)18/h2-5,9,11,15H,6-7H2,1H3,(H,17,18)/t9?,11-/m0/s1. The van der Waals surface area contributed by atoms with Crippen LogP contribution in [0.4, 0.5) is 0 Å². The van der Waals surface area contributed by atoms with E-state index in [-0.39, 0.29) is 13.0 Å². The molecular formula is C13H15NO5. The molecule has 2 rings (SSSR count). The van der Waals surface area contributed by atoms with Gasteiger partial charge >= 0.3 is 5.97 Å². The molecule has 0 bridgehead atoms. The van der Waals surface area contributed by atoms with E-state index in [1.807, 2.05) is 0 Å². The van der Waals surface area contributed by atoms with Crippen LogP contribution in [0.15, 0.2) is 24.3 Å². The second kappa shape index (κ2) is 5.27. The average molecular weight is 265 g/mol. The zero-order chi connectivity index (χ0) is 14.0. The van der Waals surface area contributed by atoms with Crippen LogP contribution in [0.3, 0.4) is 0 Å². The van der Waals surface area contributed by atoms with Crippen LogP contribution in [0.2, 0.25) is 0 Å². The molecule has 1 fully saturated rings. The lowest BCUT2D eigenvalue weighted by Gasteiger charge is -2.21. The molecule has 0 aromatic heterocycles. The summed E-state index contributed by atoms with van der Waals surface area (Å²) in [6, 6.07) is 5.52. The number of β-amino-alcohol motifs (C(OH)–C–C–N with tert-alkyl or cyclic N) is 1. The van der Waals surface area contributed by atoms with Crippen LogP contribution >= 0.6 is 0 Å². The molecule has 2 N–H and O–H groups in total. The van der Waals surface area contributed by atoms with Gasteiger partial charge in [-0.25, -0.2) is 4.79 Å². The van der Waals surface area contributed by atoms with Crippen molar-refractivity contribution in [3.05, 3.63) is 29.8 Å². The van der Waals surface area contributed by atoms with Crippen LogP contribution < -0.4 is 4.74 Å². The van der Waals surface area contributed by atoms with Gasteiger partial charge in [-0.3, -0.25) is 4.79 Å². The van der Waals surface area contributed by atoms with Crippen molar-refractivity contribution in [2.45, 2.75) is 18.6 Å². The molecule has 6 heteroatoms. The Morgan fingerprint density at radius 1 is 1.42 bits per heavy atom. The fourth-order valence-electron chi connectivity index (χ4n) is 2.19. The van der Waals surface area contributed by atoms with Gasteiger partial charge in [-0.1, -0.05) is 6.07 Å². The van der Waals surface area contributed by atoms with Crippen molar-refractivity contribution in [3.8, 4) is 5.75 Å². The smallest absolute Gasteiger partial charge is 0.326 e. The minimum absolute atomic E-state index is 0.0347. The summed E-state index contributed by atoms with van der Waals surface area (Å²) in [7, 11) is 1.49. The highest BCUT2D eigenvalue weighted by Gasteiger charge is 2.39. The number of methoxy groups -OCH3 is 1. The Morgan fingerprint density at radius 2 is 2.16 bits per heavy atom. The van der Waals surface area contributed by atoms with Gasteiger partial charge in [0.1, 0.15) is 11.8 Å². The monoisotopic (exact) mass is 265 g/mol. The van der Waals surface area contributed by atoms with E-state index in [9.17, 15) is 14.7 Å². The van der Waals surface area contributed by atoms with Crippen molar-refractivity contribution >= 4 is 11.9 Å². The number of carbonyl (C=O) groups is 2. The molecule has 1 heterocycles. The van der Waals surface area contributed by atoms with Gasteiger partial charge in [0.15, 0.2) is 0 Å². The summed E-state index contributed by atoms with van der Waals surface area (Å²) in [6.07, 6.45) is -0.735. The highest BCUT2D eigenvalue weighted by Crippen LogP contribution is 2.22. The number of ether oxygens (including phenoxy) is 1. The van der Waals surface area contributed by atoms with Crippen molar-refractivity contribution in [3.63, 3.8) is 0 Å². The van der Waals surface area contributed by atoms with Gasteiger partial charge in [0.25, 0.3) is 5.91 Å². The molecule has 19 heavy (non-hydrogen) atoms. The fraction of sp³-hybridized carbons (Fsp3) is 0.385. The molecule has 1 aliphatic heterocycles. The van der Waals surface area contributed by atoms with Gasteiger partial charge in [0.2, 0.25) is 0 Å². The third kappa shape index (κ3) is 2.68. The molecule has 1 aromatic carbocycles. The van der Waals surface area contributed by atoms with E-state index < -0.39 is 24.0 Å². The Labute approximate surface area is 110 Å². The number of rotatable bonds is 3. The van der Waals surface area contributed by atoms with Crippen molar-refractivity contribution in [1.82, 2.24) is 4.90 Å². The van der Waals surface area contributed by atoms with Crippen molar-refractivity contribution < 1.29 is 24.5 Å². The summed E-state index contributed by atoms with van der Waals surface area (Å²) < 4.78 is 5.03. The van der Waals surface area contributed by atoms with Crippen LogP contribution in [0.5, 0.6) is 5.75 Å². The summed E-state index contributed by atoms with van der Waals surface area (Å²) in [6.45, 7) is 0.0347. The zero-order valence-corrected chi connectivity index (χ0v) is 10.4. The molecule has 0 saturated carbocycles. The van der Waals surface area contributed by atoms with E-state index in [2.05, 4.69) is 0 Å². The summed E-state index contributed by atoms with van der Waals surface area (Å²) in [5.41, 5.74) is 0.347. The number of carboxylic acid groups (broad SMARTS) is 1. The number of benzene rings is 1. The first-order valence-corrected chi connectivity index (χ1v) is 5.89. The van der Waals surface area contributed by atoms with E-state index >= 15 is 0 Å². The number of carbonyl (C=O) groups excluding carboxylic acids is 1. The van der Waals surface area contributed by atoms with Gasteiger partial charge in [0, 0.05) is 18.5 Å². The molecule has 1 aliphatic rings. The second-order valence-electron chi connectivity index (χ2n) is 4.43. The fourth-order valence-corrected chi connectivity index (χ4v) is 2.19. The number of aliphatic hydroxyl groups excluding tert-OH is 1. The van der Waals surface area contributed by atoms with Crippen molar-refractivity contribution in [1.29, 1.82) is 0 Å². The predicted molar refractivity (Wildman–Crippen MR) is 66.1 cm³/mol. The van der Waals surface area contributed by atoms with E-state index in [0.29, 0.717) is 11.3 Å². The average Bonchev–Trinajstić information content (AvgIpc) is 2.80.